The van der Waals surface area contributed by atoms with Gasteiger partial charge in [0.15, 0.2) is 5.78 Å². The first-order chi connectivity index (χ1) is 8.11. The zero-order valence-electron chi connectivity index (χ0n) is 10.9. The summed E-state index contributed by atoms with van der Waals surface area (Å²) < 4.78 is 0. The topological polar surface area (TPSA) is 20.3 Å². The lowest BCUT2D eigenvalue weighted by Gasteiger charge is -2.24. The molecule has 1 aliphatic rings. The number of nitrogens with zero attached hydrogens (tertiary/aromatic N) is 1. The Morgan fingerprint density at radius 3 is 2.41 bits per heavy atom. The highest BCUT2D eigenvalue weighted by atomic mass is 16.1. The van der Waals surface area contributed by atoms with Crippen molar-refractivity contribution in [3.05, 3.63) is 29.8 Å². The van der Waals surface area contributed by atoms with Crippen molar-refractivity contribution in [1.29, 1.82) is 0 Å². The Balaban J connectivity index is 2.15. The molecule has 0 N–H and O–H groups in total. The van der Waals surface area contributed by atoms with Crippen LogP contribution in [-0.2, 0) is 0 Å². The van der Waals surface area contributed by atoms with Gasteiger partial charge in [-0.15, -0.1) is 0 Å². The summed E-state index contributed by atoms with van der Waals surface area (Å²) in [4.78, 5) is 14.0. The minimum Gasteiger partial charge on any atom is -0.369 e. The molecule has 2 heteroatoms. The van der Waals surface area contributed by atoms with Gasteiger partial charge < -0.3 is 4.90 Å². The van der Waals surface area contributed by atoms with Crippen LogP contribution in [0.3, 0.4) is 0 Å². The molecule has 0 aromatic heterocycles. The van der Waals surface area contributed by atoms with Crippen molar-refractivity contribution in [3.63, 3.8) is 0 Å². The van der Waals surface area contributed by atoms with E-state index in [1.807, 2.05) is 19.1 Å². The zero-order chi connectivity index (χ0) is 12.4. The average Bonchev–Trinajstić information content (AvgIpc) is 2.68. The molecular formula is C15H21NO. The number of carbonyl (C=O) groups excluding carboxylic acids is 1. The Labute approximate surface area is 104 Å². The van der Waals surface area contributed by atoms with Crippen LogP contribution in [0.2, 0.25) is 0 Å². The second-order valence-corrected chi connectivity index (χ2v) is 5.17. The van der Waals surface area contributed by atoms with Crippen molar-refractivity contribution in [2.75, 3.05) is 11.4 Å². The van der Waals surface area contributed by atoms with E-state index < -0.39 is 0 Å². The molecule has 1 saturated heterocycles. The summed E-state index contributed by atoms with van der Waals surface area (Å²) in [7, 11) is 0. The Bertz CT molecular complexity index is 396. The summed E-state index contributed by atoms with van der Waals surface area (Å²) in [6, 6.07) is 8.68. The van der Waals surface area contributed by atoms with Gasteiger partial charge >= 0.3 is 0 Å². The highest BCUT2D eigenvalue weighted by molar-refractivity contribution is 5.96. The predicted molar refractivity (Wildman–Crippen MR) is 71.7 cm³/mol. The van der Waals surface area contributed by atoms with E-state index in [-0.39, 0.29) is 5.78 Å². The van der Waals surface area contributed by atoms with Gasteiger partial charge in [-0.05, 0) is 43.5 Å². The lowest BCUT2D eigenvalue weighted by atomic mass is 10.1. The summed E-state index contributed by atoms with van der Waals surface area (Å²) >= 11 is 0. The van der Waals surface area contributed by atoms with Gasteiger partial charge in [-0.25, -0.2) is 0 Å². The second kappa shape index (κ2) is 4.91. The highest BCUT2D eigenvalue weighted by Gasteiger charge is 2.25. The minimum absolute atomic E-state index is 0.222. The molecule has 2 nitrogen and oxygen atoms in total. The molecule has 0 bridgehead atoms. The molecule has 0 aliphatic carbocycles. The Kier molecular flexibility index (Phi) is 3.51. The number of benzene rings is 1. The molecule has 0 radical (unpaired) electrons. The highest BCUT2D eigenvalue weighted by Crippen LogP contribution is 2.28. The summed E-state index contributed by atoms with van der Waals surface area (Å²) in [5, 5.41) is 0. The Morgan fingerprint density at radius 1 is 1.29 bits per heavy atom. The first kappa shape index (κ1) is 12.2. The molecule has 0 spiro atoms. The second-order valence-electron chi connectivity index (χ2n) is 5.17. The molecule has 2 rings (SSSR count). The standard InChI is InChI=1S/C15H21NO/c1-4-15(17)13-5-7-14(8-6-13)16-10-11(2)9-12(16)3/h5-8,11-12H,4,9-10H2,1-3H3. The van der Waals surface area contributed by atoms with Crippen LogP contribution in [-0.4, -0.2) is 18.4 Å². The molecule has 1 aliphatic heterocycles. The first-order valence-corrected chi connectivity index (χ1v) is 6.51. The Morgan fingerprint density at radius 2 is 1.94 bits per heavy atom. The van der Waals surface area contributed by atoms with E-state index in [4.69, 9.17) is 0 Å². The molecule has 2 unspecified atom stereocenters. The van der Waals surface area contributed by atoms with Crippen LogP contribution in [0, 0.1) is 5.92 Å². The number of ketones is 1. The third-order valence-corrected chi connectivity index (χ3v) is 3.63. The number of anilines is 1. The van der Waals surface area contributed by atoms with Crippen LogP contribution in [0.4, 0.5) is 5.69 Å². The van der Waals surface area contributed by atoms with Gasteiger partial charge in [-0.1, -0.05) is 13.8 Å². The van der Waals surface area contributed by atoms with Crippen molar-refractivity contribution in [2.45, 2.75) is 39.7 Å². The largest absolute Gasteiger partial charge is 0.369 e. The van der Waals surface area contributed by atoms with E-state index in [0.29, 0.717) is 12.5 Å². The predicted octanol–water partition coefficient (Wildman–Crippen LogP) is 3.51. The van der Waals surface area contributed by atoms with Crippen molar-refractivity contribution in [1.82, 2.24) is 0 Å². The third kappa shape index (κ3) is 2.51. The number of hydrogen-bond acceptors (Lipinski definition) is 2. The van der Waals surface area contributed by atoms with Crippen LogP contribution in [0.15, 0.2) is 24.3 Å². The van der Waals surface area contributed by atoms with Crippen molar-refractivity contribution in [3.8, 4) is 0 Å². The molecule has 0 amide bonds. The lowest BCUT2D eigenvalue weighted by Crippen LogP contribution is -2.26. The first-order valence-electron chi connectivity index (χ1n) is 6.51. The fourth-order valence-electron chi connectivity index (χ4n) is 2.70. The van der Waals surface area contributed by atoms with Crippen molar-refractivity contribution >= 4 is 11.5 Å². The maximum absolute atomic E-state index is 11.5. The fourth-order valence-corrected chi connectivity index (χ4v) is 2.70. The molecule has 92 valence electrons. The molecule has 2 atom stereocenters. The maximum Gasteiger partial charge on any atom is 0.162 e. The SMILES string of the molecule is CCC(=O)c1ccc(N2CC(C)CC2C)cc1. The maximum atomic E-state index is 11.5. The molecule has 0 saturated carbocycles. The number of rotatable bonds is 3. The molecule has 17 heavy (non-hydrogen) atoms. The monoisotopic (exact) mass is 231 g/mol. The van der Waals surface area contributed by atoms with Crippen molar-refractivity contribution in [2.24, 2.45) is 5.92 Å². The van der Waals surface area contributed by atoms with E-state index in [9.17, 15) is 4.79 Å². The quantitative estimate of drug-likeness (QED) is 0.742. The smallest absolute Gasteiger partial charge is 0.162 e. The Hall–Kier alpha value is -1.31. The number of hydrogen-bond donors (Lipinski definition) is 0. The van der Waals surface area contributed by atoms with Gasteiger partial charge in [-0.3, -0.25) is 4.79 Å². The molecular weight excluding hydrogens is 210 g/mol. The number of Topliss-reactive ketones (excluding diaryl/α,β-unsaturated/α-hetero) is 1. The van der Waals surface area contributed by atoms with Crippen LogP contribution in [0.1, 0.15) is 44.0 Å². The summed E-state index contributed by atoms with van der Waals surface area (Å²) in [6.45, 7) is 7.60. The normalized spacial score (nSPS) is 24.1. The van der Waals surface area contributed by atoms with E-state index in [1.54, 1.807) is 0 Å². The third-order valence-electron chi connectivity index (χ3n) is 3.63. The minimum atomic E-state index is 0.222. The average molecular weight is 231 g/mol. The zero-order valence-corrected chi connectivity index (χ0v) is 10.9. The van der Waals surface area contributed by atoms with Gasteiger partial charge in [0.05, 0.1) is 0 Å². The van der Waals surface area contributed by atoms with Crippen LogP contribution in [0.5, 0.6) is 0 Å². The van der Waals surface area contributed by atoms with E-state index in [0.717, 1.165) is 18.0 Å². The van der Waals surface area contributed by atoms with Gasteiger partial charge in [0, 0.05) is 30.3 Å². The molecule has 1 aromatic carbocycles. The van der Waals surface area contributed by atoms with E-state index in [2.05, 4.69) is 30.9 Å². The van der Waals surface area contributed by atoms with Crippen LogP contribution < -0.4 is 4.90 Å². The van der Waals surface area contributed by atoms with Gasteiger partial charge in [-0.2, -0.15) is 0 Å². The van der Waals surface area contributed by atoms with Crippen molar-refractivity contribution < 1.29 is 4.79 Å². The fraction of sp³-hybridized carbons (Fsp3) is 0.533. The number of carbonyl (C=O) groups is 1. The molecule has 1 heterocycles. The van der Waals surface area contributed by atoms with Gasteiger partial charge in [0.1, 0.15) is 0 Å². The van der Waals surface area contributed by atoms with E-state index in [1.165, 1.54) is 12.1 Å². The van der Waals surface area contributed by atoms with Gasteiger partial charge in [0.2, 0.25) is 0 Å². The van der Waals surface area contributed by atoms with Crippen LogP contribution in [0.25, 0.3) is 0 Å². The molecule has 1 aromatic rings. The lowest BCUT2D eigenvalue weighted by molar-refractivity contribution is 0.0988. The summed E-state index contributed by atoms with van der Waals surface area (Å²) in [5.41, 5.74) is 2.07. The summed E-state index contributed by atoms with van der Waals surface area (Å²) in [5.74, 6) is 0.987. The van der Waals surface area contributed by atoms with Gasteiger partial charge in [0.25, 0.3) is 0 Å². The summed E-state index contributed by atoms with van der Waals surface area (Å²) in [6.07, 6.45) is 1.84. The van der Waals surface area contributed by atoms with E-state index >= 15 is 0 Å². The van der Waals surface area contributed by atoms with Crippen LogP contribution >= 0.6 is 0 Å². The molecule has 1 fully saturated rings.